The Kier molecular flexibility index (Phi) is 8.79. The number of ether oxygens (including phenoxy) is 3. The second-order valence-electron chi connectivity index (χ2n) is 8.70. The molecule has 0 bridgehead atoms. The number of rotatable bonds is 9. The lowest BCUT2D eigenvalue weighted by Crippen LogP contribution is -2.72. The zero-order valence-electron chi connectivity index (χ0n) is 18.2. The highest BCUT2D eigenvalue weighted by Crippen LogP contribution is 2.49. The Labute approximate surface area is 182 Å². The summed E-state index contributed by atoms with van der Waals surface area (Å²) in [7, 11) is 0. The summed E-state index contributed by atoms with van der Waals surface area (Å²) in [5.74, 6) is -2.12. The van der Waals surface area contributed by atoms with Crippen LogP contribution >= 0.6 is 0 Å². The molecular weight excluding hydrogens is 412 g/mol. The zero-order chi connectivity index (χ0) is 23.6. The molecule has 7 N–H and O–H groups in total. The normalized spacial score (nSPS) is 42.8. The highest BCUT2D eigenvalue weighted by Gasteiger charge is 2.64. The summed E-state index contributed by atoms with van der Waals surface area (Å²) < 4.78 is 17.2. The number of hydrogen-bond donors (Lipinski definition) is 7. The van der Waals surface area contributed by atoms with Crippen molar-refractivity contribution in [2.24, 2.45) is 5.41 Å². The minimum absolute atomic E-state index is 0.314. The van der Waals surface area contributed by atoms with E-state index in [0.29, 0.717) is 12.8 Å². The van der Waals surface area contributed by atoms with E-state index in [0.717, 1.165) is 5.57 Å². The van der Waals surface area contributed by atoms with Gasteiger partial charge in [0.25, 0.3) is 0 Å². The van der Waals surface area contributed by atoms with Crippen LogP contribution in [-0.2, 0) is 14.2 Å². The van der Waals surface area contributed by atoms with Crippen LogP contribution in [0, 0.1) is 5.41 Å². The lowest BCUT2D eigenvalue weighted by molar-refractivity contribution is -0.427. The van der Waals surface area contributed by atoms with Gasteiger partial charge in [-0.1, -0.05) is 24.6 Å². The molecule has 10 nitrogen and oxygen atoms in total. The molecule has 2 fully saturated rings. The lowest BCUT2D eigenvalue weighted by Gasteiger charge is -2.55. The van der Waals surface area contributed by atoms with E-state index in [1.807, 2.05) is 19.9 Å². The smallest absolute Gasteiger partial charge is 0.209 e. The molecular formula is C21H36O10. The molecule has 10 atom stereocenters. The molecule has 0 aromatic heterocycles. The second kappa shape index (κ2) is 10.3. The Morgan fingerprint density at radius 2 is 1.58 bits per heavy atom. The summed E-state index contributed by atoms with van der Waals surface area (Å²) in [4.78, 5) is 0. The van der Waals surface area contributed by atoms with Gasteiger partial charge >= 0.3 is 0 Å². The molecule has 0 spiro atoms. The van der Waals surface area contributed by atoms with E-state index in [4.69, 9.17) is 14.2 Å². The SMILES string of the molecule is C=CC(C)(CCC=C(C)C)C1(OC2O[C@H](CO)[C@@H](O)[C@@H]2O)O[C@H](CO)[C@@H](O)[C@H](O)[C@H]1O. The summed E-state index contributed by atoms with van der Waals surface area (Å²) in [6, 6.07) is 0. The van der Waals surface area contributed by atoms with Crippen LogP contribution < -0.4 is 0 Å². The summed E-state index contributed by atoms with van der Waals surface area (Å²) in [6.45, 7) is 8.05. The number of hydrogen-bond acceptors (Lipinski definition) is 10. The highest BCUT2D eigenvalue weighted by atomic mass is 16.8. The number of aliphatic hydroxyl groups is 7. The van der Waals surface area contributed by atoms with Crippen molar-refractivity contribution < 1.29 is 50.0 Å². The van der Waals surface area contributed by atoms with Crippen LogP contribution in [0.1, 0.15) is 33.6 Å². The van der Waals surface area contributed by atoms with Crippen LogP contribution in [0.4, 0.5) is 0 Å². The molecule has 3 unspecified atom stereocenters. The molecule has 0 aromatic rings. The van der Waals surface area contributed by atoms with E-state index in [-0.39, 0.29) is 0 Å². The van der Waals surface area contributed by atoms with Crippen molar-refractivity contribution in [1.82, 2.24) is 0 Å². The van der Waals surface area contributed by atoms with E-state index in [1.165, 1.54) is 6.08 Å². The molecule has 2 aliphatic rings. The molecule has 0 aliphatic carbocycles. The monoisotopic (exact) mass is 448 g/mol. The fourth-order valence-electron chi connectivity index (χ4n) is 4.06. The highest BCUT2D eigenvalue weighted by molar-refractivity contribution is 5.12. The van der Waals surface area contributed by atoms with Gasteiger partial charge in [0.1, 0.15) is 42.7 Å². The Morgan fingerprint density at radius 1 is 1.00 bits per heavy atom. The third kappa shape index (κ3) is 4.88. The predicted octanol–water partition coefficient (Wildman–Crippen LogP) is -1.45. The summed E-state index contributed by atoms with van der Waals surface area (Å²) >= 11 is 0. The van der Waals surface area contributed by atoms with Gasteiger partial charge in [0.2, 0.25) is 5.79 Å². The molecule has 2 aliphatic heterocycles. The largest absolute Gasteiger partial charge is 0.394 e. The van der Waals surface area contributed by atoms with Gasteiger partial charge in [-0.3, -0.25) is 0 Å². The summed E-state index contributed by atoms with van der Waals surface area (Å²) in [5.41, 5.74) is -0.156. The van der Waals surface area contributed by atoms with Gasteiger partial charge in [0.05, 0.1) is 13.2 Å². The van der Waals surface area contributed by atoms with Gasteiger partial charge in [0.15, 0.2) is 6.29 Å². The maximum atomic E-state index is 11.0. The minimum Gasteiger partial charge on any atom is -0.394 e. The van der Waals surface area contributed by atoms with Crippen LogP contribution in [0.25, 0.3) is 0 Å². The fourth-order valence-corrected chi connectivity index (χ4v) is 4.06. The van der Waals surface area contributed by atoms with Crippen LogP contribution in [-0.4, -0.2) is 104 Å². The number of allylic oxidation sites excluding steroid dienone is 2. The van der Waals surface area contributed by atoms with Crippen molar-refractivity contribution in [1.29, 1.82) is 0 Å². The Bertz CT molecular complexity index is 636. The topological polar surface area (TPSA) is 169 Å². The third-order valence-electron chi connectivity index (χ3n) is 6.20. The van der Waals surface area contributed by atoms with Crippen molar-refractivity contribution >= 4 is 0 Å². The quantitative estimate of drug-likeness (QED) is 0.207. The average molecular weight is 449 g/mol. The predicted molar refractivity (Wildman–Crippen MR) is 109 cm³/mol. The fraction of sp³-hybridized carbons (Fsp3) is 0.810. The van der Waals surface area contributed by atoms with E-state index in [2.05, 4.69) is 6.58 Å². The Hall–Kier alpha value is -0.920. The average Bonchev–Trinajstić information content (AvgIpc) is 3.01. The van der Waals surface area contributed by atoms with Crippen LogP contribution in [0.5, 0.6) is 0 Å². The van der Waals surface area contributed by atoms with Crippen LogP contribution in [0.15, 0.2) is 24.3 Å². The van der Waals surface area contributed by atoms with E-state index in [1.54, 1.807) is 6.92 Å². The van der Waals surface area contributed by atoms with Crippen LogP contribution in [0.3, 0.4) is 0 Å². The molecule has 0 amide bonds. The first-order valence-electron chi connectivity index (χ1n) is 10.4. The second-order valence-corrected chi connectivity index (χ2v) is 8.70. The maximum Gasteiger partial charge on any atom is 0.209 e. The van der Waals surface area contributed by atoms with Crippen molar-refractivity contribution in [2.75, 3.05) is 13.2 Å². The standard InChI is InChI=1S/C21H36O10/c1-5-20(4,8-6-7-11(2)3)21(18(28)16(26)15(25)13(10-23)30-21)31-19-17(27)14(24)12(9-22)29-19/h5,7,12-19,22-28H,1,6,8-10H2,2-4H3/t12-,13-,14-,15-,16+,17+,18-,19?,20?,21?/m1/s1. The summed E-state index contributed by atoms with van der Waals surface area (Å²) in [5, 5.41) is 71.3. The van der Waals surface area contributed by atoms with E-state index >= 15 is 0 Å². The molecule has 2 saturated heterocycles. The zero-order valence-corrected chi connectivity index (χ0v) is 18.2. The Morgan fingerprint density at radius 3 is 2.06 bits per heavy atom. The third-order valence-corrected chi connectivity index (χ3v) is 6.20. The van der Waals surface area contributed by atoms with Crippen molar-refractivity contribution in [3.8, 4) is 0 Å². The van der Waals surface area contributed by atoms with Gasteiger partial charge < -0.3 is 50.0 Å². The molecule has 0 aromatic carbocycles. The summed E-state index contributed by atoms with van der Waals surface area (Å²) in [6.07, 6.45) is -7.99. The van der Waals surface area contributed by atoms with Gasteiger partial charge in [-0.15, -0.1) is 6.58 Å². The first kappa shape index (κ1) is 26.3. The molecule has 10 heteroatoms. The van der Waals surface area contributed by atoms with Crippen molar-refractivity contribution in [3.05, 3.63) is 24.3 Å². The minimum atomic E-state index is -2.12. The van der Waals surface area contributed by atoms with Gasteiger partial charge in [-0.2, -0.15) is 0 Å². The van der Waals surface area contributed by atoms with E-state index in [9.17, 15) is 35.7 Å². The molecule has 0 saturated carbocycles. The first-order chi connectivity index (χ1) is 14.5. The van der Waals surface area contributed by atoms with Crippen molar-refractivity contribution in [3.63, 3.8) is 0 Å². The molecule has 31 heavy (non-hydrogen) atoms. The van der Waals surface area contributed by atoms with Gasteiger partial charge in [0, 0.05) is 5.41 Å². The number of aliphatic hydroxyl groups excluding tert-OH is 7. The van der Waals surface area contributed by atoms with Gasteiger partial charge in [-0.25, -0.2) is 0 Å². The van der Waals surface area contributed by atoms with Gasteiger partial charge in [-0.05, 0) is 26.7 Å². The van der Waals surface area contributed by atoms with E-state index < -0.39 is 73.4 Å². The Balaban J connectivity index is 2.50. The molecule has 2 heterocycles. The maximum absolute atomic E-state index is 11.0. The molecule has 2 rings (SSSR count). The lowest BCUT2D eigenvalue weighted by atomic mass is 9.71. The molecule has 180 valence electrons. The van der Waals surface area contributed by atoms with Crippen LogP contribution in [0.2, 0.25) is 0 Å². The van der Waals surface area contributed by atoms with Crippen molar-refractivity contribution in [2.45, 2.75) is 88.4 Å². The molecule has 0 radical (unpaired) electrons. The first-order valence-corrected chi connectivity index (χ1v) is 10.4.